The van der Waals surface area contributed by atoms with Crippen LogP contribution in [0.4, 0.5) is 5.82 Å². The topological polar surface area (TPSA) is 96.5 Å². The molecule has 2 atom stereocenters. The molecule has 0 saturated carbocycles. The minimum absolute atomic E-state index is 0.411. The molecule has 0 spiro atoms. The van der Waals surface area contributed by atoms with Crippen molar-refractivity contribution in [3.63, 3.8) is 0 Å². The van der Waals surface area contributed by atoms with Crippen molar-refractivity contribution in [2.75, 3.05) is 11.4 Å². The maximum Gasteiger partial charge on any atom is 0.326 e. The molecule has 2 unspecified atom stereocenters. The zero-order valence-electron chi connectivity index (χ0n) is 10.5. The molecule has 3 rings (SSSR count). The van der Waals surface area contributed by atoms with E-state index in [-0.39, 0.29) is 0 Å². The lowest BCUT2D eigenvalue weighted by Crippen LogP contribution is -2.47. The third-order valence-corrected chi connectivity index (χ3v) is 3.50. The van der Waals surface area contributed by atoms with Gasteiger partial charge in [-0.25, -0.2) is 4.79 Å². The normalized spacial score (nSPS) is 23.7. The number of piperidine rings is 1. The average Bonchev–Trinajstić information content (AvgIpc) is 2.85. The third kappa shape index (κ3) is 2.09. The second-order valence-electron chi connectivity index (χ2n) is 4.90. The van der Waals surface area contributed by atoms with Crippen LogP contribution < -0.4 is 4.90 Å². The van der Waals surface area contributed by atoms with Crippen molar-refractivity contribution < 1.29 is 9.90 Å². The fraction of sp³-hybridized carbons (Fsp3) is 0.545. The Labute approximate surface area is 109 Å². The molecule has 1 aliphatic rings. The number of aliphatic carboxylic acids is 1. The molecule has 2 aromatic heterocycles. The molecule has 1 fully saturated rings. The molecule has 0 radical (unpaired) electrons. The van der Waals surface area contributed by atoms with Crippen LogP contribution in [0.1, 0.15) is 19.8 Å². The summed E-state index contributed by atoms with van der Waals surface area (Å²) >= 11 is 0. The minimum Gasteiger partial charge on any atom is -0.480 e. The van der Waals surface area contributed by atoms with E-state index in [2.05, 4.69) is 27.5 Å². The van der Waals surface area contributed by atoms with Crippen LogP contribution in [0.2, 0.25) is 0 Å². The molecule has 1 saturated heterocycles. The standard InChI is InChI=1S/C11H14N6O2/c1-7-4-5-16(8(6-7)11(18)19)10-3-2-9-12-14-15-17(9)13-10/h2-3,7-8H,4-6H2,1H3,(H,18,19). The lowest BCUT2D eigenvalue weighted by Gasteiger charge is -2.36. The Morgan fingerprint density at radius 1 is 1.47 bits per heavy atom. The summed E-state index contributed by atoms with van der Waals surface area (Å²) in [7, 11) is 0. The summed E-state index contributed by atoms with van der Waals surface area (Å²) in [4.78, 5) is 13.2. The first-order valence-electron chi connectivity index (χ1n) is 6.20. The van der Waals surface area contributed by atoms with Crippen molar-refractivity contribution in [3.05, 3.63) is 12.1 Å². The van der Waals surface area contributed by atoms with Gasteiger partial charge in [0.15, 0.2) is 11.5 Å². The number of hydrogen-bond acceptors (Lipinski definition) is 6. The Hall–Kier alpha value is -2.25. The Morgan fingerprint density at radius 2 is 2.32 bits per heavy atom. The highest BCUT2D eigenvalue weighted by Crippen LogP contribution is 2.26. The van der Waals surface area contributed by atoms with E-state index in [9.17, 15) is 9.90 Å². The van der Waals surface area contributed by atoms with Crippen LogP contribution in [0.3, 0.4) is 0 Å². The van der Waals surface area contributed by atoms with E-state index in [0.29, 0.717) is 30.3 Å². The maximum atomic E-state index is 11.4. The minimum atomic E-state index is -0.815. The molecule has 1 aliphatic heterocycles. The zero-order valence-corrected chi connectivity index (χ0v) is 10.5. The van der Waals surface area contributed by atoms with Gasteiger partial charge >= 0.3 is 5.97 Å². The van der Waals surface area contributed by atoms with Crippen LogP contribution in [0.25, 0.3) is 5.65 Å². The molecular formula is C11H14N6O2. The van der Waals surface area contributed by atoms with E-state index in [0.717, 1.165) is 6.42 Å². The quantitative estimate of drug-likeness (QED) is 0.826. The van der Waals surface area contributed by atoms with Crippen LogP contribution in [-0.2, 0) is 4.79 Å². The van der Waals surface area contributed by atoms with E-state index in [1.165, 1.54) is 4.63 Å². The number of carboxylic acids is 1. The Morgan fingerprint density at radius 3 is 3.11 bits per heavy atom. The fourth-order valence-electron chi connectivity index (χ4n) is 2.44. The van der Waals surface area contributed by atoms with Gasteiger partial charge in [0.25, 0.3) is 0 Å². The number of rotatable bonds is 2. The van der Waals surface area contributed by atoms with Crippen molar-refractivity contribution in [3.8, 4) is 0 Å². The monoisotopic (exact) mass is 262 g/mol. The first kappa shape index (κ1) is 11.8. The van der Waals surface area contributed by atoms with Crippen molar-refractivity contribution in [1.29, 1.82) is 0 Å². The molecule has 3 heterocycles. The summed E-state index contributed by atoms with van der Waals surface area (Å²) in [5.74, 6) is 0.193. The van der Waals surface area contributed by atoms with Gasteiger partial charge < -0.3 is 10.0 Å². The van der Waals surface area contributed by atoms with Gasteiger partial charge in [0.1, 0.15) is 6.04 Å². The van der Waals surface area contributed by atoms with E-state index in [1.807, 2.05) is 4.90 Å². The SMILES string of the molecule is CC1CCN(c2ccc3nnnn3n2)C(C(=O)O)C1. The van der Waals surface area contributed by atoms with Crippen LogP contribution in [0.5, 0.6) is 0 Å². The number of anilines is 1. The van der Waals surface area contributed by atoms with Gasteiger partial charge in [-0.15, -0.1) is 14.8 Å². The zero-order chi connectivity index (χ0) is 13.4. The van der Waals surface area contributed by atoms with Crippen LogP contribution in [0, 0.1) is 5.92 Å². The lowest BCUT2D eigenvalue weighted by atomic mass is 9.92. The number of hydrogen-bond donors (Lipinski definition) is 1. The molecule has 0 aliphatic carbocycles. The molecule has 8 nitrogen and oxygen atoms in total. The summed E-state index contributed by atoms with van der Waals surface area (Å²) in [5, 5.41) is 24.6. The van der Waals surface area contributed by atoms with Gasteiger partial charge in [0, 0.05) is 6.54 Å². The lowest BCUT2D eigenvalue weighted by molar-refractivity contribution is -0.139. The summed E-state index contributed by atoms with van der Waals surface area (Å²) in [6, 6.07) is 2.96. The predicted molar refractivity (Wildman–Crippen MR) is 65.7 cm³/mol. The Bertz CT molecular complexity index is 612. The predicted octanol–water partition coefficient (Wildman–Crippen LogP) is 0.209. The highest BCUT2D eigenvalue weighted by molar-refractivity contribution is 5.78. The van der Waals surface area contributed by atoms with Gasteiger partial charge in [0.05, 0.1) is 0 Å². The van der Waals surface area contributed by atoms with Crippen molar-refractivity contribution >= 4 is 17.4 Å². The van der Waals surface area contributed by atoms with Gasteiger partial charge in [0.2, 0.25) is 0 Å². The van der Waals surface area contributed by atoms with Crippen LogP contribution >= 0.6 is 0 Å². The first-order chi connectivity index (χ1) is 9.15. The summed E-state index contributed by atoms with van der Waals surface area (Å²) in [6.45, 7) is 2.75. The summed E-state index contributed by atoms with van der Waals surface area (Å²) < 4.78 is 1.31. The van der Waals surface area contributed by atoms with Gasteiger partial charge in [-0.2, -0.15) is 0 Å². The third-order valence-electron chi connectivity index (χ3n) is 3.50. The summed E-state index contributed by atoms with van der Waals surface area (Å²) in [5.41, 5.74) is 0.543. The second-order valence-corrected chi connectivity index (χ2v) is 4.90. The largest absolute Gasteiger partial charge is 0.480 e. The van der Waals surface area contributed by atoms with Crippen molar-refractivity contribution in [2.45, 2.75) is 25.8 Å². The average molecular weight is 262 g/mol. The number of carbonyl (C=O) groups is 1. The first-order valence-corrected chi connectivity index (χ1v) is 6.20. The van der Waals surface area contributed by atoms with E-state index < -0.39 is 12.0 Å². The van der Waals surface area contributed by atoms with Crippen molar-refractivity contribution in [2.24, 2.45) is 5.92 Å². The van der Waals surface area contributed by atoms with Gasteiger partial charge in [-0.05, 0) is 41.3 Å². The van der Waals surface area contributed by atoms with Crippen LogP contribution in [-0.4, -0.2) is 48.9 Å². The molecule has 100 valence electrons. The molecule has 0 amide bonds. The van der Waals surface area contributed by atoms with Gasteiger partial charge in [-0.1, -0.05) is 6.92 Å². The molecular weight excluding hydrogens is 248 g/mol. The maximum absolute atomic E-state index is 11.4. The highest BCUT2D eigenvalue weighted by atomic mass is 16.4. The molecule has 0 aromatic carbocycles. The molecule has 8 heteroatoms. The fourth-order valence-corrected chi connectivity index (χ4v) is 2.44. The number of tetrazole rings is 1. The van der Waals surface area contributed by atoms with E-state index in [1.54, 1.807) is 12.1 Å². The smallest absolute Gasteiger partial charge is 0.326 e. The molecule has 0 bridgehead atoms. The Balaban J connectivity index is 1.96. The molecule has 1 N–H and O–H groups in total. The van der Waals surface area contributed by atoms with E-state index in [4.69, 9.17) is 0 Å². The van der Waals surface area contributed by atoms with Crippen molar-refractivity contribution in [1.82, 2.24) is 25.3 Å². The van der Waals surface area contributed by atoms with E-state index >= 15 is 0 Å². The molecule has 2 aromatic rings. The summed E-state index contributed by atoms with van der Waals surface area (Å²) in [6.07, 6.45) is 1.59. The number of fused-ring (bicyclic) bond motifs is 1. The number of nitrogens with zero attached hydrogens (tertiary/aromatic N) is 6. The number of carboxylic acid groups (broad SMARTS) is 1. The van der Waals surface area contributed by atoms with Crippen LogP contribution in [0.15, 0.2) is 12.1 Å². The Kier molecular flexibility index (Phi) is 2.77. The highest BCUT2D eigenvalue weighted by Gasteiger charge is 2.32. The molecule has 19 heavy (non-hydrogen) atoms. The second kappa shape index (κ2) is 4.45. The van der Waals surface area contributed by atoms with Gasteiger partial charge in [-0.3, -0.25) is 0 Å². The number of aromatic nitrogens is 5.